The minimum atomic E-state index is 0. The van der Waals surface area contributed by atoms with Crippen LogP contribution in [-0.2, 0) is 40.0 Å². The van der Waals surface area contributed by atoms with Gasteiger partial charge in [-0.3, -0.25) is 9.97 Å². The molecule has 0 saturated heterocycles. The Hall–Kier alpha value is -3.45. The van der Waals surface area contributed by atoms with Crippen molar-refractivity contribution >= 4 is 35.4 Å². The summed E-state index contributed by atoms with van der Waals surface area (Å²) >= 11 is 0. The van der Waals surface area contributed by atoms with Crippen molar-refractivity contribution in [2.75, 3.05) is 0 Å². The fourth-order valence-electron chi connectivity index (χ4n) is 6.44. The van der Waals surface area contributed by atoms with E-state index in [0.717, 1.165) is 52.2 Å². The average Bonchev–Trinajstić information content (AvgIpc) is 3.08. The van der Waals surface area contributed by atoms with Gasteiger partial charge in [-0.1, -0.05) is 47.5 Å². The summed E-state index contributed by atoms with van der Waals surface area (Å²) in [5.74, 6) is 1.70. The molecule has 12 heteroatoms. The van der Waals surface area contributed by atoms with Gasteiger partial charge in [0.25, 0.3) is 0 Å². The molecule has 0 saturated carbocycles. The number of rotatable bonds is 8. The number of hydrogen-bond donors (Lipinski definition) is 0. The molecule has 0 aliphatic heterocycles. The van der Waals surface area contributed by atoms with E-state index in [-0.39, 0.29) is 83.2 Å². The van der Waals surface area contributed by atoms with Crippen LogP contribution in [0.25, 0.3) is 22.8 Å². The maximum atomic E-state index is 5.07. The van der Waals surface area contributed by atoms with Crippen LogP contribution in [0.3, 0.4) is 0 Å². The fourth-order valence-corrected chi connectivity index (χ4v) is 6.44. The Morgan fingerprint density at radius 2 is 0.868 bits per heavy atom. The molecule has 0 aliphatic rings. The molecule has 0 unspecified atom stereocenters. The maximum absolute atomic E-state index is 5.07. The predicted molar refractivity (Wildman–Crippen MR) is 196 cm³/mol. The van der Waals surface area contributed by atoms with E-state index in [9.17, 15) is 0 Å². The van der Waals surface area contributed by atoms with Crippen LogP contribution in [0, 0.1) is 27.7 Å². The van der Waals surface area contributed by atoms with E-state index in [1.165, 1.54) is 33.4 Å². The van der Waals surface area contributed by atoms with E-state index in [0.29, 0.717) is 0 Å². The molecule has 0 fully saturated rings. The van der Waals surface area contributed by atoms with Gasteiger partial charge in [0, 0.05) is 75.6 Å². The van der Waals surface area contributed by atoms with Gasteiger partial charge in [-0.05, 0) is 111 Å². The van der Waals surface area contributed by atoms with Crippen LogP contribution in [-0.4, -0.2) is 32.4 Å². The molecule has 4 aromatic heterocycles. The number of hydrogen-bond acceptors (Lipinski definition) is 4. The third-order valence-electron chi connectivity index (χ3n) is 8.24. The van der Waals surface area contributed by atoms with Gasteiger partial charge in [-0.15, -0.1) is 0 Å². The summed E-state index contributed by atoms with van der Waals surface area (Å²) in [6.45, 7) is 12.8. The van der Waals surface area contributed by atoms with Crippen molar-refractivity contribution in [3.05, 3.63) is 143 Å². The minimum Gasteiger partial charge on any atom is -1.00 e. The summed E-state index contributed by atoms with van der Waals surface area (Å²) in [5, 5.41) is 0. The molecule has 282 valence electrons. The zero-order valence-electron chi connectivity index (χ0n) is 30.1. The van der Waals surface area contributed by atoms with Gasteiger partial charge in [0.1, 0.15) is 22.8 Å². The van der Waals surface area contributed by atoms with Crippen LogP contribution in [0.15, 0.2) is 109 Å². The second-order valence-corrected chi connectivity index (χ2v) is 11.8. The summed E-state index contributed by atoms with van der Waals surface area (Å²) in [6.07, 6.45) is 8.54. The van der Waals surface area contributed by atoms with Crippen molar-refractivity contribution in [2.45, 2.75) is 48.0 Å². The van der Waals surface area contributed by atoms with Gasteiger partial charge in [-0.25, -0.2) is 9.15 Å². The Morgan fingerprint density at radius 3 is 1.21 bits per heavy atom. The molecule has 6 nitrogen and oxygen atoms in total. The third-order valence-corrected chi connectivity index (χ3v) is 8.24. The number of aryl methyl sites for hydroxylation is 4. The van der Waals surface area contributed by atoms with E-state index in [4.69, 9.17) is 9.97 Å². The first-order valence-corrected chi connectivity index (χ1v) is 16.0. The van der Waals surface area contributed by atoms with E-state index < -0.39 is 0 Å². The molecule has 2 aromatic carbocycles. The van der Waals surface area contributed by atoms with E-state index in [2.05, 4.69) is 122 Å². The fraction of sp³-hybridized carbons (Fsp3) is 0.171. The molecule has 6 aromatic rings. The van der Waals surface area contributed by atoms with Crippen LogP contribution in [0.1, 0.15) is 47.2 Å². The molecule has 4 heterocycles. The monoisotopic (exact) mass is 874 g/mol. The molecular formula is C41H40Cl4Co2N6-2. The SMILES string of the molecule is CC=[N+](c1cccc(-c2ccccn2)n1)c1c(C)cc(C)cc1Cc1cc(C)cc(C)c1[N+](=CC)c1cccc(-c2ccccn2)n1.[Cl-].[Cl-].[Cl-].[Cl-].[Co].[Co]. The van der Waals surface area contributed by atoms with Crippen LogP contribution in [0.4, 0.5) is 23.0 Å². The van der Waals surface area contributed by atoms with Gasteiger partial charge in [0.05, 0.1) is 12.4 Å². The van der Waals surface area contributed by atoms with Gasteiger partial charge in [0.2, 0.25) is 11.4 Å². The summed E-state index contributed by atoms with van der Waals surface area (Å²) in [4.78, 5) is 19.2. The first kappa shape index (κ1) is 49.6. The zero-order chi connectivity index (χ0) is 32.9. The van der Waals surface area contributed by atoms with Crippen LogP contribution < -0.4 is 58.8 Å². The normalized spacial score (nSPS) is 10.6. The van der Waals surface area contributed by atoms with E-state index >= 15 is 0 Å². The van der Waals surface area contributed by atoms with Crippen LogP contribution in [0.5, 0.6) is 0 Å². The first-order valence-electron chi connectivity index (χ1n) is 16.0. The van der Waals surface area contributed by atoms with E-state index in [1.54, 1.807) is 12.4 Å². The van der Waals surface area contributed by atoms with Crippen molar-refractivity contribution in [3.63, 3.8) is 0 Å². The second-order valence-electron chi connectivity index (χ2n) is 11.8. The minimum absolute atomic E-state index is 0. The summed E-state index contributed by atoms with van der Waals surface area (Å²) in [6, 6.07) is 33.2. The molecule has 0 atom stereocenters. The quantitative estimate of drug-likeness (QED) is 0.124. The Balaban J connectivity index is 0.00000451. The van der Waals surface area contributed by atoms with Gasteiger partial charge >= 0.3 is 11.6 Å². The van der Waals surface area contributed by atoms with Gasteiger partial charge in [0.15, 0.2) is 0 Å². The molecule has 0 bridgehead atoms. The molecule has 0 amide bonds. The van der Waals surface area contributed by atoms with Crippen LogP contribution in [0.2, 0.25) is 0 Å². The number of benzene rings is 2. The number of aromatic nitrogens is 4. The summed E-state index contributed by atoms with van der Waals surface area (Å²) in [5.41, 5.74) is 12.9. The molecule has 0 N–H and O–H groups in total. The molecule has 6 rings (SSSR count). The summed E-state index contributed by atoms with van der Waals surface area (Å²) in [7, 11) is 0. The Labute approximate surface area is 358 Å². The largest absolute Gasteiger partial charge is 1.00 e. The topological polar surface area (TPSA) is 57.6 Å². The summed E-state index contributed by atoms with van der Waals surface area (Å²) < 4.78 is 4.42. The Kier molecular flexibility index (Phi) is 21.2. The smallest absolute Gasteiger partial charge is 0.328 e. The standard InChI is InChI=1S/C41H40N6.4ClH.2Co/c1-7-46(38-19-13-17-36(44-38)34-15-9-11-21-42-34)40-30(5)23-28(3)25-32(40)27-33-26-29(4)24-31(6)41(33)47(8-2)39-20-14-18-37(45-39)35-16-10-12-22-43-35;;;;;;/h7-26H,27H2,1-6H3;4*1H;;/q+2;;;;;;/p-4. The molecule has 2 radical (unpaired) electrons. The first-order chi connectivity index (χ1) is 22.9. The second kappa shape index (κ2) is 22.7. The predicted octanol–water partition coefficient (Wildman–Crippen LogP) is -2.71. The molecular weight excluding hydrogens is 836 g/mol. The third kappa shape index (κ3) is 11.3. The number of nitrogens with zero attached hydrogens (tertiary/aromatic N) is 6. The van der Waals surface area contributed by atoms with Crippen molar-refractivity contribution in [3.8, 4) is 22.8 Å². The molecule has 53 heavy (non-hydrogen) atoms. The van der Waals surface area contributed by atoms with Gasteiger partial charge < -0.3 is 49.6 Å². The molecule has 0 spiro atoms. The van der Waals surface area contributed by atoms with Crippen LogP contribution >= 0.6 is 0 Å². The van der Waals surface area contributed by atoms with Crippen molar-refractivity contribution in [2.24, 2.45) is 0 Å². The van der Waals surface area contributed by atoms with E-state index in [1.807, 2.05) is 48.5 Å². The number of halogens is 4. The van der Waals surface area contributed by atoms with Crippen molar-refractivity contribution in [1.82, 2.24) is 29.1 Å². The van der Waals surface area contributed by atoms with Crippen molar-refractivity contribution < 1.29 is 83.2 Å². The molecule has 0 aliphatic carbocycles. The Bertz CT molecular complexity index is 1990. The zero-order valence-corrected chi connectivity index (χ0v) is 35.2. The maximum Gasteiger partial charge on any atom is 0.328 e. The number of pyridine rings is 4. The average molecular weight is 876 g/mol. The van der Waals surface area contributed by atoms with Crippen molar-refractivity contribution in [1.29, 1.82) is 0 Å². The van der Waals surface area contributed by atoms with Gasteiger partial charge in [-0.2, -0.15) is 0 Å². The Morgan fingerprint density at radius 1 is 0.491 bits per heavy atom.